The maximum atomic E-state index is 13.9. The van der Waals surface area contributed by atoms with Crippen molar-refractivity contribution in [1.82, 2.24) is 9.62 Å². The summed E-state index contributed by atoms with van der Waals surface area (Å²) >= 11 is 0. The number of ether oxygens (including phenoxy) is 2. The molecule has 52 heavy (non-hydrogen) atoms. The lowest BCUT2D eigenvalue weighted by Crippen LogP contribution is -2.45. The number of benzene rings is 4. The molecule has 2 aliphatic heterocycles. The zero-order valence-electron chi connectivity index (χ0n) is 30.1. The fourth-order valence-corrected chi connectivity index (χ4v) is 8.28. The minimum atomic E-state index is -3.99. The van der Waals surface area contributed by atoms with Crippen LogP contribution in [0.25, 0.3) is 0 Å². The molecule has 2 heterocycles. The highest BCUT2D eigenvalue weighted by Gasteiger charge is 2.39. The van der Waals surface area contributed by atoms with E-state index in [0.717, 1.165) is 47.5 Å². The maximum Gasteiger partial charge on any atom is 0.242 e. The van der Waals surface area contributed by atoms with Gasteiger partial charge in [0.15, 0.2) is 6.29 Å². The highest BCUT2D eigenvalue weighted by atomic mass is 32.2. The Morgan fingerprint density at radius 3 is 2.21 bits per heavy atom. The quantitative estimate of drug-likeness (QED) is 0.143. The SMILES string of the molecule is Cc1ccc(S(=O)(=O)N[C@H](Cc2ccccc2)C(=O)Nc2cccc(C3O[C@H](CN4CCCCCCC4)[C@H](C)[C@H](c4ccc(CO)cc4)O3)c2)cc1. The Kier molecular flexibility index (Phi) is 12.9. The van der Waals surface area contributed by atoms with Gasteiger partial charge in [0.1, 0.15) is 6.04 Å². The van der Waals surface area contributed by atoms with E-state index in [2.05, 4.69) is 21.9 Å². The van der Waals surface area contributed by atoms with Crippen LogP contribution >= 0.6 is 0 Å². The molecule has 4 aromatic carbocycles. The van der Waals surface area contributed by atoms with Crippen LogP contribution in [-0.2, 0) is 37.3 Å². The molecule has 0 aliphatic carbocycles. The Bertz CT molecular complexity index is 1850. The molecular weight excluding hydrogens is 675 g/mol. The summed E-state index contributed by atoms with van der Waals surface area (Å²) in [6.45, 7) is 6.94. The van der Waals surface area contributed by atoms with Crippen molar-refractivity contribution >= 4 is 21.6 Å². The van der Waals surface area contributed by atoms with E-state index >= 15 is 0 Å². The molecule has 0 saturated carbocycles. The standard InChI is InChI=1S/C42H51N3O6S/c1-30-16-22-37(23-17-30)52(48,49)44-38(26-32-12-7-6-8-13-32)41(47)43-36-15-11-14-35(27-36)42-50-39(28-45-24-9-4-3-5-10-25-45)31(2)40(51-42)34-20-18-33(29-46)19-21-34/h6-8,11-23,27,31,38-40,42,44,46H,3-5,9-10,24-26,28-29H2,1-2H3,(H,43,47)/t31-,38+,39+,40+,42?/m0/s1. The van der Waals surface area contributed by atoms with Gasteiger partial charge in [-0.15, -0.1) is 0 Å². The minimum absolute atomic E-state index is 0.0250. The van der Waals surface area contributed by atoms with Gasteiger partial charge in [-0.25, -0.2) is 8.42 Å². The van der Waals surface area contributed by atoms with Gasteiger partial charge in [0.2, 0.25) is 15.9 Å². The minimum Gasteiger partial charge on any atom is -0.392 e. The molecule has 2 aliphatic rings. The first-order chi connectivity index (χ1) is 25.2. The van der Waals surface area contributed by atoms with Gasteiger partial charge in [-0.1, -0.05) is 111 Å². The van der Waals surface area contributed by atoms with E-state index in [1.807, 2.05) is 79.7 Å². The predicted octanol–water partition coefficient (Wildman–Crippen LogP) is 7.07. The van der Waals surface area contributed by atoms with Gasteiger partial charge < -0.3 is 24.8 Å². The second-order valence-electron chi connectivity index (χ2n) is 14.2. The van der Waals surface area contributed by atoms with Crippen LogP contribution < -0.4 is 10.0 Å². The van der Waals surface area contributed by atoms with Gasteiger partial charge in [-0.3, -0.25) is 4.79 Å². The molecule has 10 heteroatoms. The van der Waals surface area contributed by atoms with Crippen LogP contribution in [0.15, 0.2) is 108 Å². The summed E-state index contributed by atoms with van der Waals surface area (Å²) in [6, 6.07) is 30.1. The predicted molar refractivity (Wildman–Crippen MR) is 203 cm³/mol. The lowest BCUT2D eigenvalue weighted by atomic mass is 9.89. The summed E-state index contributed by atoms with van der Waals surface area (Å²) < 4.78 is 43.0. The van der Waals surface area contributed by atoms with Crippen molar-refractivity contribution in [2.24, 2.45) is 5.92 Å². The molecule has 2 saturated heterocycles. The first-order valence-electron chi connectivity index (χ1n) is 18.5. The Morgan fingerprint density at radius 1 is 0.827 bits per heavy atom. The number of carbonyl (C=O) groups excluding carboxylic acids is 1. The van der Waals surface area contributed by atoms with Crippen molar-refractivity contribution in [2.75, 3.05) is 25.0 Å². The summed E-state index contributed by atoms with van der Waals surface area (Å²) in [7, 11) is -3.99. The number of nitrogens with one attached hydrogen (secondary N) is 2. The molecule has 0 aromatic heterocycles. The van der Waals surface area contributed by atoms with Gasteiger partial charge in [0.25, 0.3) is 0 Å². The van der Waals surface area contributed by atoms with E-state index in [-0.39, 0.29) is 36.0 Å². The topological polar surface area (TPSA) is 117 Å². The molecule has 6 rings (SSSR count). The molecule has 1 unspecified atom stereocenters. The molecule has 0 spiro atoms. The first-order valence-corrected chi connectivity index (χ1v) is 19.9. The van der Waals surface area contributed by atoms with Crippen molar-refractivity contribution in [1.29, 1.82) is 0 Å². The number of likely N-dealkylation sites (tertiary alicyclic amines) is 1. The zero-order valence-corrected chi connectivity index (χ0v) is 30.9. The summed E-state index contributed by atoms with van der Waals surface area (Å²) in [6.07, 6.45) is 5.27. The molecule has 276 valence electrons. The summed E-state index contributed by atoms with van der Waals surface area (Å²) in [4.78, 5) is 16.5. The van der Waals surface area contributed by atoms with Crippen LogP contribution in [0.2, 0.25) is 0 Å². The summed E-state index contributed by atoms with van der Waals surface area (Å²) in [5.41, 5.74) is 4.87. The average Bonchev–Trinajstić information content (AvgIpc) is 3.14. The maximum absolute atomic E-state index is 13.9. The molecule has 0 bridgehead atoms. The molecule has 0 radical (unpaired) electrons. The van der Waals surface area contributed by atoms with Crippen molar-refractivity contribution in [3.8, 4) is 0 Å². The number of aliphatic hydroxyl groups is 1. The van der Waals surface area contributed by atoms with E-state index in [1.54, 1.807) is 30.3 Å². The van der Waals surface area contributed by atoms with E-state index in [9.17, 15) is 18.3 Å². The normalized spacial score (nSPS) is 22.2. The number of aryl methyl sites for hydroxylation is 1. The number of nitrogens with zero attached hydrogens (tertiary/aromatic N) is 1. The van der Waals surface area contributed by atoms with Gasteiger partial charge >= 0.3 is 0 Å². The molecule has 9 nitrogen and oxygen atoms in total. The number of sulfonamides is 1. The van der Waals surface area contributed by atoms with Crippen LogP contribution in [-0.4, -0.2) is 56.1 Å². The third-order valence-corrected chi connectivity index (χ3v) is 11.7. The number of hydrogen-bond donors (Lipinski definition) is 3. The van der Waals surface area contributed by atoms with Crippen molar-refractivity contribution in [3.05, 3.63) is 131 Å². The number of aliphatic hydroxyl groups excluding tert-OH is 1. The first kappa shape index (κ1) is 37.8. The van der Waals surface area contributed by atoms with E-state index in [0.29, 0.717) is 5.69 Å². The zero-order chi connectivity index (χ0) is 36.5. The Labute approximate surface area is 308 Å². The fraction of sp³-hybridized carbons (Fsp3) is 0.405. The molecule has 1 amide bonds. The smallest absolute Gasteiger partial charge is 0.242 e. The van der Waals surface area contributed by atoms with E-state index < -0.39 is 28.3 Å². The second kappa shape index (κ2) is 17.7. The Balaban J connectivity index is 1.23. The summed E-state index contributed by atoms with van der Waals surface area (Å²) in [5.74, 6) is -0.419. The molecule has 3 N–H and O–H groups in total. The van der Waals surface area contributed by atoms with Crippen LogP contribution in [0, 0.1) is 12.8 Å². The lowest BCUT2D eigenvalue weighted by Gasteiger charge is -2.43. The van der Waals surface area contributed by atoms with Gasteiger partial charge in [-0.2, -0.15) is 4.72 Å². The molecule has 2 fully saturated rings. The van der Waals surface area contributed by atoms with E-state index in [1.165, 1.54) is 32.1 Å². The highest BCUT2D eigenvalue weighted by Crippen LogP contribution is 2.42. The second-order valence-corrected chi connectivity index (χ2v) is 15.9. The number of rotatable bonds is 12. The number of amides is 1. The lowest BCUT2D eigenvalue weighted by molar-refractivity contribution is -0.276. The molecule has 4 aromatic rings. The van der Waals surface area contributed by atoms with Crippen molar-refractivity contribution in [3.63, 3.8) is 0 Å². The highest BCUT2D eigenvalue weighted by molar-refractivity contribution is 7.89. The number of carbonyl (C=O) groups is 1. The van der Waals surface area contributed by atoms with E-state index in [4.69, 9.17) is 9.47 Å². The largest absolute Gasteiger partial charge is 0.392 e. The van der Waals surface area contributed by atoms with Crippen molar-refractivity contribution in [2.45, 2.75) is 88.4 Å². The van der Waals surface area contributed by atoms with Crippen LogP contribution in [0.1, 0.15) is 79.2 Å². The van der Waals surface area contributed by atoms with Crippen LogP contribution in [0.5, 0.6) is 0 Å². The Morgan fingerprint density at radius 2 is 1.52 bits per heavy atom. The number of hydrogen-bond acceptors (Lipinski definition) is 7. The monoisotopic (exact) mass is 725 g/mol. The van der Waals surface area contributed by atoms with Gasteiger partial charge in [0, 0.05) is 23.7 Å². The Hall–Kier alpha value is -3.90. The summed E-state index contributed by atoms with van der Waals surface area (Å²) in [5, 5.41) is 12.6. The fourth-order valence-electron chi connectivity index (χ4n) is 7.08. The van der Waals surface area contributed by atoms with Crippen molar-refractivity contribution < 1.29 is 27.8 Å². The third kappa shape index (κ3) is 9.95. The number of anilines is 1. The van der Waals surface area contributed by atoms with Gasteiger partial charge in [-0.05, 0) is 80.2 Å². The average molecular weight is 726 g/mol. The van der Waals surface area contributed by atoms with Gasteiger partial charge in [0.05, 0.1) is 23.7 Å². The molecule has 5 atom stereocenters. The van der Waals surface area contributed by atoms with Crippen LogP contribution in [0.4, 0.5) is 5.69 Å². The third-order valence-electron chi connectivity index (χ3n) is 10.2. The van der Waals surface area contributed by atoms with Crippen LogP contribution in [0.3, 0.4) is 0 Å². The molecular formula is C42H51N3O6S.